The summed E-state index contributed by atoms with van der Waals surface area (Å²) in [5, 5.41) is 11.7. The number of esters is 1. The normalized spacial score (nSPS) is 12.1. The summed E-state index contributed by atoms with van der Waals surface area (Å²) >= 11 is 0. The topological polar surface area (TPSA) is 75.7 Å². The van der Waals surface area contributed by atoms with E-state index in [2.05, 4.69) is 6.92 Å². The average molecular weight is 668 g/mol. The van der Waals surface area contributed by atoms with Gasteiger partial charge in [-0.15, -0.1) is 0 Å². The van der Waals surface area contributed by atoms with E-state index in [1.807, 2.05) is 31.2 Å². The summed E-state index contributed by atoms with van der Waals surface area (Å²) in [6.07, 6.45) is 8.08. The van der Waals surface area contributed by atoms with Crippen LogP contribution in [0.5, 0.6) is 5.75 Å². The molecular weight excluding hydrogens is 617 g/mol. The van der Waals surface area contributed by atoms with Crippen molar-refractivity contribution in [3.63, 3.8) is 0 Å². The monoisotopic (exact) mass is 667 g/mol. The van der Waals surface area contributed by atoms with Crippen LogP contribution in [-0.2, 0) is 4.74 Å². The Bertz CT molecular complexity index is 1380. The number of carboxylic acids is 1. The summed E-state index contributed by atoms with van der Waals surface area (Å²) < 4.78 is 51.5. The third-order valence-corrected chi connectivity index (χ3v) is 8.55. The van der Waals surface area contributed by atoms with Crippen molar-refractivity contribution in [1.82, 2.24) is 0 Å². The zero-order valence-corrected chi connectivity index (χ0v) is 28.4. The number of unbranched alkanes of at least 4 members (excludes halogenated alkanes) is 12. The van der Waals surface area contributed by atoms with Crippen LogP contribution in [0, 0.1) is 0 Å². The van der Waals surface area contributed by atoms with Gasteiger partial charge in [-0.3, -0.25) is 0 Å². The van der Waals surface area contributed by atoms with Gasteiger partial charge in [0.15, 0.2) is 6.10 Å². The minimum atomic E-state index is -4.66. The molecule has 8 heteroatoms. The minimum Gasteiger partial charge on any atom is -0.545 e. The minimum absolute atomic E-state index is 0.0234. The first kappa shape index (κ1) is 38.6. The Morgan fingerprint density at radius 2 is 1.15 bits per heavy atom. The van der Waals surface area contributed by atoms with E-state index >= 15 is 0 Å². The Balaban J connectivity index is 1.63. The Kier molecular flexibility index (Phi) is 16.5. The van der Waals surface area contributed by atoms with Crippen molar-refractivity contribution in [3.05, 3.63) is 77.9 Å². The summed E-state index contributed by atoms with van der Waals surface area (Å²) in [6, 6.07) is 18.1. The molecule has 0 aromatic heterocycles. The first-order chi connectivity index (χ1) is 23.1. The summed E-state index contributed by atoms with van der Waals surface area (Å²) in [5.74, 6) is -1.65. The number of ether oxygens (including phenoxy) is 2. The number of carbonyl (C=O) groups excluding carboxylic acids is 2. The van der Waals surface area contributed by atoms with Gasteiger partial charge < -0.3 is 19.4 Å². The maximum Gasteiger partial charge on any atom is 0.425 e. The highest BCUT2D eigenvalue weighted by atomic mass is 19.4. The smallest absolute Gasteiger partial charge is 0.425 e. The molecule has 3 rings (SSSR count). The molecule has 262 valence electrons. The number of hydrogen-bond donors (Lipinski definition) is 0. The van der Waals surface area contributed by atoms with Gasteiger partial charge >= 0.3 is 12.1 Å². The van der Waals surface area contributed by atoms with Crippen molar-refractivity contribution >= 4 is 11.9 Å². The second-order valence-electron chi connectivity index (χ2n) is 12.5. The van der Waals surface area contributed by atoms with E-state index in [4.69, 9.17) is 9.47 Å². The second kappa shape index (κ2) is 20.5. The van der Waals surface area contributed by atoms with Crippen molar-refractivity contribution in [2.45, 2.75) is 122 Å². The molecule has 0 amide bonds. The van der Waals surface area contributed by atoms with Crippen LogP contribution in [0.1, 0.15) is 131 Å². The van der Waals surface area contributed by atoms with Gasteiger partial charge in [-0.1, -0.05) is 127 Å². The molecule has 0 aliphatic carbocycles. The highest BCUT2D eigenvalue weighted by molar-refractivity contribution is 5.94. The molecule has 0 saturated carbocycles. The van der Waals surface area contributed by atoms with Gasteiger partial charge in [0.1, 0.15) is 5.75 Å². The third-order valence-electron chi connectivity index (χ3n) is 8.55. The first-order valence-electron chi connectivity index (χ1n) is 17.6. The van der Waals surface area contributed by atoms with Crippen molar-refractivity contribution in [2.75, 3.05) is 6.61 Å². The molecule has 1 atom stereocenters. The average Bonchev–Trinajstić information content (AvgIpc) is 3.08. The first-order valence-corrected chi connectivity index (χ1v) is 17.6. The van der Waals surface area contributed by atoms with Crippen LogP contribution in [0.15, 0.2) is 66.7 Å². The largest absolute Gasteiger partial charge is 0.545 e. The Hall–Kier alpha value is -3.81. The lowest BCUT2D eigenvalue weighted by Crippen LogP contribution is -2.33. The van der Waals surface area contributed by atoms with Crippen molar-refractivity contribution in [1.29, 1.82) is 0 Å². The number of alkyl halides is 3. The van der Waals surface area contributed by atoms with Crippen LogP contribution >= 0.6 is 0 Å². The molecule has 3 aromatic rings. The Labute approximate surface area is 283 Å². The van der Waals surface area contributed by atoms with Gasteiger partial charge in [0.2, 0.25) is 0 Å². The van der Waals surface area contributed by atoms with Gasteiger partial charge in [0.05, 0.1) is 18.1 Å². The van der Waals surface area contributed by atoms with E-state index in [0.29, 0.717) is 30.6 Å². The fraction of sp³-hybridized carbons (Fsp3) is 0.500. The van der Waals surface area contributed by atoms with Crippen LogP contribution in [0.2, 0.25) is 0 Å². The van der Waals surface area contributed by atoms with E-state index in [-0.39, 0.29) is 17.5 Å². The maximum absolute atomic E-state index is 13.6. The highest BCUT2D eigenvalue weighted by Crippen LogP contribution is 2.35. The molecule has 0 fully saturated rings. The molecule has 0 aliphatic rings. The quantitative estimate of drug-likeness (QED) is 0.0787. The van der Waals surface area contributed by atoms with Crippen LogP contribution in [-0.4, -0.2) is 30.8 Å². The number of carbonyl (C=O) groups is 2. The number of hydrogen-bond acceptors (Lipinski definition) is 5. The summed E-state index contributed by atoms with van der Waals surface area (Å²) in [7, 11) is 0. The predicted molar refractivity (Wildman–Crippen MR) is 183 cm³/mol. The van der Waals surface area contributed by atoms with E-state index in [1.54, 1.807) is 18.2 Å². The lowest BCUT2D eigenvalue weighted by Gasteiger charge is -2.21. The fourth-order valence-electron chi connectivity index (χ4n) is 5.70. The van der Waals surface area contributed by atoms with Crippen molar-refractivity contribution < 1.29 is 37.3 Å². The number of halogens is 3. The summed E-state index contributed by atoms with van der Waals surface area (Å²) in [6.45, 7) is 4.84. The molecule has 48 heavy (non-hydrogen) atoms. The Morgan fingerprint density at radius 1 is 0.646 bits per heavy atom. The van der Waals surface area contributed by atoms with E-state index in [9.17, 15) is 27.9 Å². The lowest BCUT2D eigenvalue weighted by atomic mass is 9.92. The fourth-order valence-corrected chi connectivity index (χ4v) is 5.70. The van der Waals surface area contributed by atoms with Crippen molar-refractivity contribution in [2.24, 2.45) is 0 Å². The van der Waals surface area contributed by atoms with E-state index in [0.717, 1.165) is 42.6 Å². The van der Waals surface area contributed by atoms with Crippen LogP contribution in [0.25, 0.3) is 22.3 Å². The molecule has 0 spiro atoms. The van der Waals surface area contributed by atoms with Gasteiger partial charge in [0, 0.05) is 0 Å². The van der Waals surface area contributed by atoms with Gasteiger partial charge in [0.25, 0.3) is 0 Å². The van der Waals surface area contributed by atoms with Gasteiger partial charge in [-0.05, 0) is 77.4 Å². The molecular formula is C40H50F3O5-. The van der Waals surface area contributed by atoms with Crippen LogP contribution in [0.4, 0.5) is 13.2 Å². The number of aromatic carboxylic acids is 1. The second-order valence-corrected chi connectivity index (χ2v) is 12.5. The van der Waals surface area contributed by atoms with Gasteiger partial charge in [-0.2, -0.15) is 13.2 Å². The molecule has 0 bridgehead atoms. The zero-order valence-electron chi connectivity index (χ0n) is 28.4. The number of carboxylic acid groups (broad SMARTS) is 1. The van der Waals surface area contributed by atoms with Crippen LogP contribution in [0.3, 0.4) is 0 Å². The van der Waals surface area contributed by atoms with Crippen LogP contribution < -0.4 is 9.84 Å². The molecule has 0 aliphatic heterocycles. The molecule has 3 aromatic carbocycles. The maximum atomic E-state index is 13.6. The molecule has 5 nitrogen and oxygen atoms in total. The van der Waals surface area contributed by atoms with Crippen molar-refractivity contribution in [3.8, 4) is 28.0 Å². The summed E-state index contributed by atoms with van der Waals surface area (Å²) in [4.78, 5) is 24.4. The summed E-state index contributed by atoms with van der Waals surface area (Å²) in [5.41, 5.74) is 2.66. The number of benzene rings is 3. The third kappa shape index (κ3) is 13.0. The van der Waals surface area contributed by atoms with Gasteiger partial charge in [-0.25, -0.2) is 4.79 Å². The SMILES string of the molecule is CCCCCCCCCCCCOc1ccc(-c2ccc(C(=O)[O-])cc2-c2ccc(C(=O)OC(CCCCCC)C(F)(F)F)cc2)cc1. The zero-order chi connectivity index (χ0) is 34.8. The number of rotatable bonds is 22. The standard InChI is InChI=1S/C40H51F3O5/c1-3-5-7-9-10-11-12-13-14-16-28-47-34-25-22-30(23-26-34)35-27-24-33(38(44)45)29-36(35)31-18-20-32(21-19-31)39(46)48-37(40(41,42)43)17-15-8-6-4-2/h18-27,29,37H,3-17,28H2,1-2H3,(H,44,45)/p-1. The molecule has 1 unspecified atom stereocenters. The Morgan fingerprint density at radius 3 is 1.71 bits per heavy atom. The molecule has 0 saturated heterocycles. The van der Waals surface area contributed by atoms with E-state index < -0.39 is 24.2 Å². The molecule has 0 N–H and O–H groups in total. The molecule has 0 heterocycles. The molecule has 0 radical (unpaired) electrons. The van der Waals surface area contributed by atoms with E-state index in [1.165, 1.54) is 75.6 Å². The lowest BCUT2D eigenvalue weighted by molar-refractivity contribution is -0.255. The predicted octanol–water partition coefficient (Wildman–Crippen LogP) is 10.7. The highest BCUT2D eigenvalue weighted by Gasteiger charge is 2.42.